The molecule has 1 aliphatic rings. The Balaban J connectivity index is 2.37. The SMILES string of the molecule is NC(=O)OC1CCCN(C(=O)c2cc([N+](=O)[O-])c(F)c(C(F)(F)F)c2)C1. The molecule has 1 fully saturated rings. The van der Waals surface area contributed by atoms with Gasteiger partial charge >= 0.3 is 18.0 Å². The largest absolute Gasteiger partial charge is 0.445 e. The van der Waals surface area contributed by atoms with E-state index in [0.29, 0.717) is 18.9 Å². The summed E-state index contributed by atoms with van der Waals surface area (Å²) in [7, 11) is 0. The molecule has 26 heavy (non-hydrogen) atoms. The van der Waals surface area contributed by atoms with Gasteiger partial charge in [0.05, 0.1) is 17.0 Å². The Hall–Kier alpha value is -2.92. The maximum Gasteiger partial charge on any atom is 0.419 e. The first-order valence-corrected chi connectivity index (χ1v) is 7.31. The summed E-state index contributed by atoms with van der Waals surface area (Å²) in [6.45, 7) is -0.0156. The van der Waals surface area contributed by atoms with Crippen LogP contribution in [0.1, 0.15) is 28.8 Å². The molecule has 0 bridgehead atoms. The quantitative estimate of drug-likeness (QED) is 0.492. The number of nitro benzene ring substituents is 1. The summed E-state index contributed by atoms with van der Waals surface area (Å²) in [6.07, 6.45) is -6.27. The minimum Gasteiger partial charge on any atom is -0.445 e. The Labute approximate surface area is 143 Å². The van der Waals surface area contributed by atoms with E-state index in [1.54, 1.807) is 0 Å². The number of benzene rings is 1. The van der Waals surface area contributed by atoms with Crippen LogP contribution in [0.15, 0.2) is 12.1 Å². The molecule has 0 saturated carbocycles. The third-order valence-electron chi connectivity index (χ3n) is 3.75. The summed E-state index contributed by atoms with van der Waals surface area (Å²) in [5.74, 6) is -3.04. The van der Waals surface area contributed by atoms with Crippen LogP contribution >= 0.6 is 0 Å². The molecule has 1 saturated heterocycles. The molecule has 2 amide bonds. The summed E-state index contributed by atoms with van der Waals surface area (Å²) in [5, 5.41) is 10.8. The van der Waals surface area contributed by atoms with Crippen molar-refractivity contribution in [1.29, 1.82) is 0 Å². The number of ether oxygens (including phenoxy) is 1. The number of carbonyl (C=O) groups excluding carboxylic acids is 2. The molecule has 1 heterocycles. The summed E-state index contributed by atoms with van der Waals surface area (Å²) < 4.78 is 57.3. The second-order valence-corrected chi connectivity index (χ2v) is 5.56. The Kier molecular flexibility index (Phi) is 5.33. The lowest BCUT2D eigenvalue weighted by Gasteiger charge is -2.32. The van der Waals surface area contributed by atoms with Crippen molar-refractivity contribution in [2.75, 3.05) is 13.1 Å². The van der Waals surface area contributed by atoms with E-state index >= 15 is 0 Å². The Bertz CT molecular complexity index is 753. The molecule has 0 spiro atoms. The van der Waals surface area contributed by atoms with Gasteiger partial charge in [-0.05, 0) is 18.9 Å². The van der Waals surface area contributed by atoms with Crippen molar-refractivity contribution < 1.29 is 36.8 Å². The lowest BCUT2D eigenvalue weighted by molar-refractivity contribution is -0.387. The van der Waals surface area contributed by atoms with Gasteiger partial charge in [0.15, 0.2) is 0 Å². The van der Waals surface area contributed by atoms with Crippen LogP contribution in [0.25, 0.3) is 0 Å². The van der Waals surface area contributed by atoms with Crippen molar-refractivity contribution in [3.05, 3.63) is 39.2 Å². The Morgan fingerprint density at radius 1 is 1.35 bits per heavy atom. The van der Waals surface area contributed by atoms with Crippen LogP contribution in [0.3, 0.4) is 0 Å². The smallest absolute Gasteiger partial charge is 0.419 e. The van der Waals surface area contributed by atoms with E-state index < -0.39 is 51.8 Å². The second-order valence-electron chi connectivity index (χ2n) is 5.56. The first-order chi connectivity index (χ1) is 12.0. The molecule has 1 aromatic rings. The van der Waals surface area contributed by atoms with Crippen LogP contribution < -0.4 is 5.73 Å². The second kappa shape index (κ2) is 7.14. The summed E-state index contributed by atoms with van der Waals surface area (Å²) >= 11 is 0. The zero-order chi connectivity index (χ0) is 19.6. The number of amides is 2. The van der Waals surface area contributed by atoms with Crippen molar-refractivity contribution >= 4 is 17.7 Å². The maximum absolute atomic E-state index is 13.8. The van der Waals surface area contributed by atoms with Crippen LogP contribution in [0, 0.1) is 15.9 Å². The third-order valence-corrected chi connectivity index (χ3v) is 3.75. The van der Waals surface area contributed by atoms with Crippen molar-refractivity contribution in [3.63, 3.8) is 0 Å². The average Bonchev–Trinajstić information content (AvgIpc) is 2.52. The number of nitrogens with two attached hydrogens (primary N) is 1. The highest BCUT2D eigenvalue weighted by Crippen LogP contribution is 2.36. The molecule has 1 aliphatic heterocycles. The number of halogens is 4. The van der Waals surface area contributed by atoms with Gasteiger partial charge in [0, 0.05) is 18.2 Å². The summed E-state index contributed by atoms with van der Waals surface area (Å²) in [6, 6.07) is 0.675. The highest BCUT2D eigenvalue weighted by Gasteiger charge is 2.39. The highest BCUT2D eigenvalue weighted by molar-refractivity contribution is 5.95. The van der Waals surface area contributed by atoms with E-state index in [-0.39, 0.29) is 19.2 Å². The van der Waals surface area contributed by atoms with Gasteiger partial charge in [0.25, 0.3) is 5.91 Å². The van der Waals surface area contributed by atoms with E-state index in [0.717, 1.165) is 4.90 Å². The van der Waals surface area contributed by atoms with E-state index in [9.17, 15) is 37.3 Å². The molecule has 1 atom stereocenters. The molecule has 12 heteroatoms. The van der Waals surface area contributed by atoms with Crippen molar-refractivity contribution in [2.24, 2.45) is 5.73 Å². The summed E-state index contributed by atoms with van der Waals surface area (Å²) in [5.41, 5.74) is 0.838. The number of hydrogen-bond donors (Lipinski definition) is 1. The molecule has 142 valence electrons. The molecular weight excluding hydrogens is 366 g/mol. The van der Waals surface area contributed by atoms with Gasteiger partial charge in [-0.15, -0.1) is 0 Å². The topological polar surface area (TPSA) is 116 Å². The van der Waals surface area contributed by atoms with Gasteiger partial charge in [-0.25, -0.2) is 4.79 Å². The fourth-order valence-corrected chi connectivity index (χ4v) is 2.64. The minimum absolute atomic E-state index is 0.129. The van der Waals surface area contributed by atoms with Crippen LogP contribution in [0.2, 0.25) is 0 Å². The van der Waals surface area contributed by atoms with Crippen molar-refractivity contribution in [1.82, 2.24) is 4.90 Å². The first-order valence-electron chi connectivity index (χ1n) is 7.31. The van der Waals surface area contributed by atoms with E-state index in [4.69, 9.17) is 10.5 Å². The fourth-order valence-electron chi connectivity index (χ4n) is 2.64. The first kappa shape index (κ1) is 19.4. The maximum atomic E-state index is 13.8. The normalized spacial score (nSPS) is 17.7. The molecule has 2 rings (SSSR count). The molecule has 0 aliphatic carbocycles. The van der Waals surface area contributed by atoms with Gasteiger partial charge in [0.2, 0.25) is 5.82 Å². The molecule has 2 N–H and O–H groups in total. The molecule has 0 aromatic heterocycles. The number of hydrogen-bond acceptors (Lipinski definition) is 5. The highest BCUT2D eigenvalue weighted by atomic mass is 19.4. The van der Waals surface area contributed by atoms with E-state index in [1.807, 2.05) is 0 Å². The van der Waals surface area contributed by atoms with E-state index in [2.05, 4.69) is 0 Å². The molecule has 8 nitrogen and oxygen atoms in total. The minimum atomic E-state index is -5.22. The van der Waals surface area contributed by atoms with Gasteiger partial charge in [-0.3, -0.25) is 14.9 Å². The lowest BCUT2D eigenvalue weighted by atomic mass is 10.0. The third kappa shape index (κ3) is 4.18. The number of carbonyl (C=O) groups is 2. The van der Waals surface area contributed by atoms with E-state index in [1.165, 1.54) is 0 Å². The molecular formula is C14H13F4N3O5. The number of rotatable bonds is 3. The monoisotopic (exact) mass is 379 g/mol. The fraction of sp³-hybridized carbons (Fsp3) is 0.429. The van der Waals surface area contributed by atoms with Crippen molar-refractivity contribution in [2.45, 2.75) is 25.1 Å². The number of nitrogens with zero attached hydrogens (tertiary/aromatic N) is 2. The van der Waals surface area contributed by atoms with Crippen LogP contribution in [0.5, 0.6) is 0 Å². The number of primary amides is 1. The van der Waals surface area contributed by atoms with Crippen LogP contribution in [0.4, 0.5) is 28.0 Å². The zero-order valence-corrected chi connectivity index (χ0v) is 13.1. The molecule has 1 unspecified atom stereocenters. The summed E-state index contributed by atoms with van der Waals surface area (Å²) in [4.78, 5) is 33.8. The van der Waals surface area contributed by atoms with Gasteiger partial charge in [-0.2, -0.15) is 17.6 Å². The Morgan fingerprint density at radius 2 is 2.00 bits per heavy atom. The van der Waals surface area contributed by atoms with Crippen LogP contribution in [-0.2, 0) is 10.9 Å². The predicted molar refractivity (Wildman–Crippen MR) is 77.7 cm³/mol. The van der Waals surface area contributed by atoms with Gasteiger partial charge in [-0.1, -0.05) is 0 Å². The van der Waals surface area contributed by atoms with Gasteiger partial charge in [0.1, 0.15) is 6.10 Å². The lowest BCUT2D eigenvalue weighted by Crippen LogP contribution is -2.44. The van der Waals surface area contributed by atoms with Crippen LogP contribution in [-0.4, -0.2) is 41.0 Å². The predicted octanol–water partition coefficient (Wildman–Crippen LogP) is 2.45. The number of nitro groups is 1. The van der Waals surface area contributed by atoms with Gasteiger partial charge < -0.3 is 15.4 Å². The average molecular weight is 379 g/mol. The number of piperidine rings is 1. The zero-order valence-electron chi connectivity index (χ0n) is 13.1. The number of alkyl halides is 3. The van der Waals surface area contributed by atoms with Crippen molar-refractivity contribution in [3.8, 4) is 0 Å². The Morgan fingerprint density at radius 3 is 2.54 bits per heavy atom. The number of likely N-dealkylation sites (tertiary alicyclic amines) is 1. The standard InChI is InChI=1S/C14H13F4N3O5/c15-11-9(14(16,17)18)4-7(5-10(11)21(24)25)12(22)20-3-1-2-8(6-20)26-13(19)23/h4-5,8H,1-3,6H2,(H2,19,23). The molecule has 1 aromatic carbocycles. The molecule has 0 radical (unpaired) electrons.